The van der Waals surface area contributed by atoms with Gasteiger partial charge in [0.25, 0.3) is 0 Å². The number of rotatable bonds is 9. The zero-order chi connectivity index (χ0) is 27.1. The minimum atomic E-state index is -4.07. The molecule has 0 spiro atoms. The summed E-state index contributed by atoms with van der Waals surface area (Å²) >= 11 is 9.05. The van der Waals surface area contributed by atoms with Gasteiger partial charge in [-0.2, -0.15) is 9.03 Å². The molecule has 2 N–H and O–H groups in total. The molecule has 0 aromatic heterocycles. The second kappa shape index (κ2) is 11.0. The molecular weight excluding hydrogens is 618 g/mol. The summed E-state index contributed by atoms with van der Waals surface area (Å²) in [5.41, 5.74) is 0.506. The van der Waals surface area contributed by atoms with Crippen molar-refractivity contribution in [2.45, 2.75) is 42.7 Å². The number of halogens is 4. The van der Waals surface area contributed by atoms with E-state index < -0.39 is 42.8 Å². The Morgan fingerprint density at radius 1 is 1.11 bits per heavy atom. The molecule has 1 saturated heterocycles. The summed E-state index contributed by atoms with van der Waals surface area (Å²) < 4.78 is 87.3. The van der Waals surface area contributed by atoms with Crippen LogP contribution in [0.2, 0.25) is 5.02 Å². The largest absolute Gasteiger partial charge is 0.493 e. The van der Waals surface area contributed by atoms with E-state index in [9.17, 15) is 30.7 Å². The summed E-state index contributed by atoms with van der Waals surface area (Å²) in [5, 5.41) is 10.2. The summed E-state index contributed by atoms with van der Waals surface area (Å²) in [5.74, 6) is -1.27. The van der Waals surface area contributed by atoms with Crippen molar-refractivity contribution in [2.75, 3.05) is 26.0 Å². The summed E-state index contributed by atoms with van der Waals surface area (Å²) in [4.78, 5) is -0.479. The molecule has 8 nitrogen and oxygen atoms in total. The fraction of sp³-hybridized carbons (Fsp3) is 0.478. The van der Waals surface area contributed by atoms with Gasteiger partial charge in [-0.05, 0) is 77.2 Å². The molecule has 1 aliphatic heterocycles. The van der Waals surface area contributed by atoms with Crippen molar-refractivity contribution in [3.63, 3.8) is 0 Å². The van der Waals surface area contributed by atoms with Gasteiger partial charge < -0.3 is 9.84 Å². The highest BCUT2D eigenvalue weighted by molar-refractivity contribution is 9.10. The normalized spacial score (nSPS) is 18.6. The van der Waals surface area contributed by atoms with Gasteiger partial charge in [0.1, 0.15) is 28.5 Å². The van der Waals surface area contributed by atoms with E-state index >= 15 is 0 Å². The van der Waals surface area contributed by atoms with Crippen LogP contribution in [-0.2, 0) is 20.0 Å². The SMILES string of the molecule is CS(=O)(=O)NC(O)c1cc(C2CC2)c(OCC2CCN(S(=O)(=O)c3cc(Cl)c(Br)cc3F)CC2)cc1F. The molecule has 204 valence electrons. The lowest BCUT2D eigenvalue weighted by atomic mass is 9.99. The first kappa shape index (κ1) is 28.7. The monoisotopic (exact) mass is 642 g/mol. The number of sulfonamides is 2. The molecule has 0 radical (unpaired) electrons. The third kappa shape index (κ3) is 6.81. The summed E-state index contributed by atoms with van der Waals surface area (Å²) in [7, 11) is -7.83. The average molecular weight is 644 g/mol. The van der Waals surface area contributed by atoms with Gasteiger partial charge in [0, 0.05) is 29.2 Å². The van der Waals surface area contributed by atoms with E-state index in [0.717, 1.165) is 37.3 Å². The number of aliphatic hydroxyl groups excluding tert-OH is 1. The van der Waals surface area contributed by atoms with Crippen molar-refractivity contribution < 1.29 is 35.5 Å². The Labute approximate surface area is 228 Å². The van der Waals surface area contributed by atoms with Crippen LogP contribution in [0.1, 0.15) is 49.0 Å². The van der Waals surface area contributed by atoms with Gasteiger partial charge in [0.15, 0.2) is 0 Å². The zero-order valence-electron chi connectivity index (χ0n) is 19.8. The average Bonchev–Trinajstić information content (AvgIpc) is 3.64. The van der Waals surface area contributed by atoms with Gasteiger partial charge in [0.05, 0.1) is 17.9 Å². The number of hydrogen-bond acceptors (Lipinski definition) is 6. The molecule has 4 rings (SSSR count). The fourth-order valence-corrected chi connectivity index (χ4v) is 6.89. The van der Waals surface area contributed by atoms with E-state index in [1.54, 1.807) is 0 Å². The molecule has 14 heteroatoms. The number of nitrogens with zero attached hydrogens (tertiary/aromatic N) is 1. The van der Waals surface area contributed by atoms with Crippen LogP contribution in [0, 0.1) is 17.6 Å². The molecule has 2 fully saturated rings. The molecule has 37 heavy (non-hydrogen) atoms. The van der Waals surface area contributed by atoms with Crippen molar-refractivity contribution in [1.29, 1.82) is 0 Å². The quantitative estimate of drug-likeness (QED) is 0.312. The van der Waals surface area contributed by atoms with Crippen molar-refractivity contribution in [2.24, 2.45) is 5.92 Å². The van der Waals surface area contributed by atoms with E-state index in [-0.39, 0.29) is 46.6 Å². The minimum Gasteiger partial charge on any atom is -0.493 e. The highest BCUT2D eigenvalue weighted by atomic mass is 79.9. The third-order valence-electron chi connectivity index (χ3n) is 6.41. The Hall–Kier alpha value is -1.35. The maximum Gasteiger partial charge on any atom is 0.246 e. The Bertz CT molecular complexity index is 1400. The maximum atomic E-state index is 14.7. The van der Waals surface area contributed by atoms with Crippen LogP contribution >= 0.6 is 27.5 Å². The molecule has 2 aliphatic rings. The van der Waals surface area contributed by atoms with Crippen LogP contribution in [0.3, 0.4) is 0 Å². The van der Waals surface area contributed by atoms with Gasteiger partial charge in [-0.1, -0.05) is 11.6 Å². The van der Waals surface area contributed by atoms with E-state index in [0.29, 0.717) is 24.2 Å². The lowest BCUT2D eigenvalue weighted by Crippen LogP contribution is -2.40. The molecule has 1 heterocycles. The molecule has 1 unspecified atom stereocenters. The Morgan fingerprint density at radius 3 is 2.35 bits per heavy atom. The van der Waals surface area contributed by atoms with Gasteiger partial charge in [0.2, 0.25) is 20.0 Å². The van der Waals surface area contributed by atoms with Crippen molar-refractivity contribution in [3.05, 3.63) is 56.5 Å². The van der Waals surface area contributed by atoms with Gasteiger partial charge in [-0.25, -0.2) is 25.6 Å². The molecule has 0 bridgehead atoms. The topological polar surface area (TPSA) is 113 Å². The van der Waals surface area contributed by atoms with E-state index in [4.69, 9.17) is 16.3 Å². The Morgan fingerprint density at radius 2 is 1.76 bits per heavy atom. The van der Waals surface area contributed by atoms with E-state index in [2.05, 4.69) is 15.9 Å². The fourth-order valence-electron chi connectivity index (χ4n) is 4.27. The summed E-state index contributed by atoms with van der Waals surface area (Å²) in [6.07, 6.45) is 1.80. The molecule has 2 aromatic rings. The molecule has 0 amide bonds. The van der Waals surface area contributed by atoms with Crippen LogP contribution in [0.4, 0.5) is 8.78 Å². The molecule has 2 aromatic carbocycles. The summed E-state index contributed by atoms with van der Waals surface area (Å²) in [6, 6.07) is 4.69. The molecule has 1 aliphatic carbocycles. The number of nitrogens with one attached hydrogen (secondary N) is 1. The first-order chi connectivity index (χ1) is 17.3. The lowest BCUT2D eigenvalue weighted by molar-refractivity contribution is 0.161. The standard InChI is InChI=1S/C23H26BrClF2N2O6S2/c1-36(31,32)28-23(30)16-8-15(14-2-3-14)21(11-19(16)26)35-12-13-4-6-29(7-5-13)37(33,34)22-10-18(25)17(24)9-20(22)27/h8-11,13-14,23,28,30H,2-7,12H2,1H3. The summed E-state index contributed by atoms with van der Waals surface area (Å²) in [6.45, 7) is 0.542. The Balaban J connectivity index is 1.41. The van der Waals surface area contributed by atoms with Crippen molar-refractivity contribution in [3.8, 4) is 5.75 Å². The van der Waals surface area contributed by atoms with Gasteiger partial charge >= 0.3 is 0 Å². The van der Waals surface area contributed by atoms with E-state index in [1.165, 1.54) is 10.4 Å². The number of hydrogen-bond donors (Lipinski definition) is 2. The number of benzene rings is 2. The smallest absolute Gasteiger partial charge is 0.246 e. The number of ether oxygens (including phenoxy) is 1. The van der Waals surface area contributed by atoms with Crippen LogP contribution < -0.4 is 9.46 Å². The molecule has 1 atom stereocenters. The van der Waals surface area contributed by atoms with Crippen molar-refractivity contribution in [1.82, 2.24) is 9.03 Å². The second-order valence-electron chi connectivity index (χ2n) is 9.33. The number of piperidine rings is 1. The van der Waals surface area contributed by atoms with Gasteiger partial charge in [-0.3, -0.25) is 0 Å². The third-order valence-corrected chi connectivity index (χ3v) is 10.2. The Kier molecular flexibility index (Phi) is 8.54. The zero-order valence-corrected chi connectivity index (χ0v) is 23.7. The molecular formula is C23H26BrClF2N2O6S2. The van der Waals surface area contributed by atoms with Crippen LogP contribution in [0.5, 0.6) is 5.75 Å². The number of aliphatic hydroxyl groups is 1. The van der Waals surface area contributed by atoms with Crippen LogP contribution in [-0.4, -0.2) is 52.2 Å². The van der Waals surface area contributed by atoms with Crippen LogP contribution in [0.25, 0.3) is 0 Å². The highest BCUT2D eigenvalue weighted by Gasteiger charge is 2.33. The second-order valence-corrected chi connectivity index (χ2v) is 14.3. The van der Waals surface area contributed by atoms with Crippen molar-refractivity contribution >= 4 is 47.6 Å². The predicted molar refractivity (Wildman–Crippen MR) is 137 cm³/mol. The maximum absolute atomic E-state index is 14.7. The van der Waals surface area contributed by atoms with Crippen LogP contribution in [0.15, 0.2) is 33.6 Å². The minimum absolute atomic E-state index is 0.0166. The van der Waals surface area contributed by atoms with E-state index in [1.807, 2.05) is 4.72 Å². The lowest BCUT2D eigenvalue weighted by Gasteiger charge is -2.31. The first-order valence-electron chi connectivity index (χ1n) is 11.5. The molecule has 1 saturated carbocycles. The van der Waals surface area contributed by atoms with Gasteiger partial charge in [-0.15, -0.1) is 0 Å². The highest BCUT2D eigenvalue weighted by Crippen LogP contribution is 2.46. The first-order valence-corrected chi connectivity index (χ1v) is 16.0. The predicted octanol–water partition coefficient (Wildman–Crippen LogP) is 4.28.